The first-order valence-electron chi connectivity index (χ1n) is 6.27. The minimum atomic E-state index is 0.568. The van der Waals surface area contributed by atoms with Gasteiger partial charge in [0.05, 0.1) is 7.11 Å². The van der Waals surface area contributed by atoms with Gasteiger partial charge in [-0.1, -0.05) is 11.6 Å². The van der Waals surface area contributed by atoms with Crippen molar-refractivity contribution in [3.63, 3.8) is 0 Å². The molecule has 1 unspecified atom stereocenters. The minimum Gasteiger partial charge on any atom is -0.496 e. The number of methoxy groups -OCH3 is 1. The van der Waals surface area contributed by atoms with Crippen LogP contribution in [-0.4, -0.2) is 20.2 Å². The highest BCUT2D eigenvalue weighted by Gasteiger charge is 2.19. The van der Waals surface area contributed by atoms with Gasteiger partial charge in [-0.2, -0.15) is 0 Å². The second-order valence-corrected chi connectivity index (χ2v) is 5.13. The van der Waals surface area contributed by atoms with Crippen LogP contribution in [0, 0.1) is 6.92 Å². The largest absolute Gasteiger partial charge is 0.496 e. The number of nitrogens with one attached hydrogen (secondary N) is 1. The van der Waals surface area contributed by atoms with E-state index < -0.39 is 0 Å². The van der Waals surface area contributed by atoms with Crippen LogP contribution < -0.4 is 10.1 Å². The molecule has 3 heteroatoms. The first-order valence-corrected chi connectivity index (χ1v) is 6.65. The molecule has 1 aliphatic heterocycles. The van der Waals surface area contributed by atoms with Crippen LogP contribution in [0.4, 0.5) is 0 Å². The van der Waals surface area contributed by atoms with E-state index in [0.29, 0.717) is 5.92 Å². The molecule has 0 amide bonds. The summed E-state index contributed by atoms with van der Waals surface area (Å²) in [7, 11) is 1.74. The van der Waals surface area contributed by atoms with Gasteiger partial charge in [0, 0.05) is 5.02 Å². The zero-order chi connectivity index (χ0) is 12.3. The van der Waals surface area contributed by atoms with Crippen molar-refractivity contribution in [3.05, 3.63) is 28.3 Å². The Hall–Kier alpha value is -0.730. The lowest BCUT2D eigenvalue weighted by Crippen LogP contribution is -2.14. The molecule has 17 heavy (non-hydrogen) atoms. The highest BCUT2D eigenvalue weighted by atomic mass is 35.5. The molecular weight excluding hydrogens is 234 g/mol. The quantitative estimate of drug-likeness (QED) is 0.871. The van der Waals surface area contributed by atoms with Crippen molar-refractivity contribution in [3.8, 4) is 5.75 Å². The molecule has 1 aromatic carbocycles. The van der Waals surface area contributed by atoms with Crippen molar-refractivity contribution in [2.75, 3.05) is 20.2 Å². The predicted octanol–water partition coefficient (Wildman–Crippen LogP) is 3.51. The molecule has 1 N–H and O–H groups in total. The smallest absolute Gasteiger partial charge is 0.122 e. The standard InChI is InChI=1S/C14H20ClNO/c1-10-8-14(17-2)12(9-13(10)15)11-4-3-6-16-7-5-11/h8-9,11,16H,3-7H2,1-2H3. The Morgan fingerprint density at radius 3 is 2.88 bits per heavy atom. The van der Waals surface area contributed by atoms with Crippen molar-refractivity contribution < 1.29 is 4.74 Å². The van der Waals surface area contributed by atoms with Crippen molar-refractivity contribution in [2.24, 2.45) is 0 Å². The number of hydrogen-bond donors (Lipinski definition) is 1. The molecule has 2 nitrogen and oxygen atoms in total. The van der Waals surface area contributed by atoms with Crippen molar-refractivity contribution in [2.45, 2.75) is 32.1 Å². The highest BCUT2D eigenvalue weighted by Crippen LogP contribution is 2.36. The molecule has 0 spiro atoms. The monoisotopic (exact) mass is 253 g/mol. The van der Waals surface area contributed by atoms with Crippen LogP contribution in [0.3, 0.4) is 0 Å². The van der Waals surface area contributed by atoms with Gasteiger partial charge in [0.15, 0.2) is 0 Å². The number of ether oxygens (including phenoxy) is 1. The second kappa shape index (κ2) is 5.74. The zero-order valence-corrected chi connectivity index (χ0v) is 11.3. The van der Waals surface area contributed by atoms with Gasteiger partial charge in [0.1, 0.15) is 5.75 Å². The normalized spacial score (nSPS) is 21.0. The number of halogens is 1. The Kier molecular flexibility index (Phi) is 4.30. The first kappa shape index (κ1) is 12.7. The maximum Gasteiger partial charge on any atom is 0.122 e. The lowest BCUT2D eigenvalue weighted by molar-refractivity contribution is 0.402. The van der Waals surface area contributed by atoms with Crippen molar-refractivity contribution in [1.29, 1.82) is 0 Å². The van der Waals surface area contributed by atoms with Gasteiger partial charge in [0.25, 0.3) is 0 Å². The average Bonchev–Trinajstić information content (AvgIpc) is 2.60. The van der Waals surface area contributed by atoms with Gasteiger partial charge in [-0.15, -0.1) is 0 Å². The van der Waals surface area contributed by atoms with E-state index in [-0.39, 0.29) is 0 Å². The second-order valence-electron chi connectivity index (χ2n) is 4.72. The van der Waals surface area contributed by atoms with E-state index in [9.17, 15) is 0 Å². The Morgan fingerprint density at radius 1 is 1.29 bits per heavy atom. The summed E-state index contributed by atoms with van der Waals surface area (Å²) in [6, 6.07) is 4.14. The van der Waals surface area contributed by atoms with Gasteiger partial charge in [0.2, 0.25) is 0 Å². The number of hydrogen-bond acceptors (Lipinski definition) is 2. The molecule has 94 valence electrons. The maximum absolute atomic E-state index is 6.23. The Morgan fingerprint density at radius 2 is 2.12 bits per heavy atom. The molecule has 0 aliphatic carbocycles. The van der Waals surface area contributed by atoms with Crippen LogP contribution in [0.1, 0.15) is 36.3 Å². The number of aryl methyl sites for hydroxylation is 1. The minimum absolute atomic E-state index is 0.568. The summed E-state index contributed by atoms with van der Waals surface area (Å²) in [6.07, 6.45) is 3.60. The highest BCUT2D eigenvalue weighted by molar-refractivity contribution is 6.31. The summed E-state index contributed by atoms with van der Waals surface area (Å²) in [5, 5.41) is 4.28. The first-order chi connectivity index (χ1) is 8.22. The lowest BCUT2D eigenvalue weighted by Gasteiger charge is -2.19. The van der Waals surface area contributed by atoms with E-state index in [1.165, 1.54) is 18.4 Å². The summed E-state index contributed by atoms with van der Waals surface area (Å²) in [5.41, 5.74) is 2.35. The average molecular weight is 254 g/mol. The molecule has 2 rings (SSSR count). The Labute approximate surface area is 108 Å². The van der Waals surface area contributed by atoms with Gasteiger partial charge in [-0.3, -0.25) is 0 Å². The van der Waals surface area contributed by atoms with E-state index >= 15 is 0 Å². The summed E-state index contributed by atoms with van der Waals surface area (Å²) in [6.45, 7) is 4.22. The lowest BCUT2D eigenvalue weighted by atomic mass is 9.90. The van der Waals surface area contributed by atoms with Crippen LogP contribution in [0.2, 0.25) is 5.02 Å². The molecule has 1 fully saturated rings. The molecule has 1 heterocycles. The van der Waals surface area contributed by atoms with Gasteiger partial charge >= 0.3 is 0 Å². The van der Waals surface area contributed by atoms with E-state index in [1.807, 2.05) is 6.92 Å². The fraction of sp³-hybridized carbons (Fsp3) is 0.571. The SMILES string of the molecule is COc1cc(C)c(Cl)cc1C1CCCNCC1. The maximum atomic E-state index is 6.23. The molecular formula is C14H20ClNO. The number of benzene rings is 1. The Balaban J connectivity index is 2.31. The molecule has 1 aromatic rings. The van der Waals surface area contributed by atoms with Gasteiger partial charge in [-0.25, -0.2) is 0 Å². The topological polar surface area (TPSA) is 21.3 Å². The molecule has 1 saturated heterocycles. The summed E-state index contributed by atoms with van der Waals surface area (Å²) in [4.78, 5) is 0. The van der Waals surface area contributed by atoms with Crippen molar-refractivity contribution in [1.82, 2.24) is 5.32 Å². The fourth-order valence-electron chi connectivity index (χ4n) is 2.50. The van der Waals surface area contributed by atoms with Crippen molar-refractivity contribution >= 4 is 11.6 Å². The van der Waals surface area contributed by atoms with Crippen LogP contribution in [0.25, 0.3) is 0 Å². The summed E-state index contributed by atoms with van der Waals surface area (Å²) < 4.78 is 5.50. The summed E-state index contributed by atoms with van der Waals surface area (Å²) >= 11 is 6.23. The molecule has 0 radical (unpaired) electrons. The third kappa shape index (κ3) is 2.93. The number of rotatable bonds is 2. The molecule has 0 aromatic heterocycles. The van der Waals surface area contributed by atoms with E-state index in [0.717, 1.165) is 35.8 Å². The third-order valence-electron chi connectivity index (χ3n) is 3.53. The van der Waals surface area contributed by atoms with Crippen LogP contribution in [-0.2, 0) is 0 Å². The molecule has 1 atom stereocenters. The molecule has 0 saturated carbocycles. The fourth-order valence-corrected chi connectivity index (χ4v) is 2.67. The van der Waals surface area contributed by atoms with Crippen LogP contribution in [0.5, 0.6) is 5.75 Å². The van der Waals surface area contributed by atoms with E-state index in [1.54, 1.807) is 7.11 Å². The van der Waals surface area contributed by atoms with Crippen LogP contribution >= 0.6 is 11.6 Å². The third-order valence-corrected chi connectivity index (χ3v) is 3.93. The molecule has 1 aliphatic rings. The Bertz CT molecular complexity index is 384. The predicted molar refractivity (Wildman–Crippen MR) is 72.2 cm³/mol. The van der Waals surface area contributed by atoms with Gasteiger partial charge < -0.3 is 10.1 Å². The summed E-state index contributed by atoms with van der Waals surface area (Å²) in [5.74, 6) is 1.55. The zero-order valence-electron chi connectivity index (χ0n) is 10.6. The van der Waals surface area contributed by atoms with E-state index in [4.69, 9.17) is 16.3 Å². The molecule has 0 bridgehead atoms. The van der Waals surface area contributed by atoms with Crippen LogP contribution in [0.15, 0.2) is 12.1 Å². The van der Waals surface area contributed by atoms with E-state index in [2.05, 4.69) is 17.4 Å². The van der Waals surface area contributed by atoms with Gasteiger partial charge in [-0.05, 0) is 68.5 Å².